The van der Waals surface area contributed by atoms with Crippen molar-refractivity contribution in [2.75, 3.05) is 6.54 Å². The van der Waals surface area contributed by atoms with Crippen LogP contribution >= 0.6 is 0 Å². The monoisotopic (exact) mass is 377 g/mol. The summed E-state index contributed by atoms with van der Waals surface area (Å²) in [6, 6.07) is 10.9. The third kappa shape index (κ3) is 3.34. The van der Waals surface area contributed by atoms with Gasteiger partial charge in [0, 0.05) is 18.2 Å². The van der Waals surface area contributed by atoms with Gasteiger partial charge in [-0.3, -0.25) is 9.59 Å². The van der Waals surface area contributed by atoms with E-state index in [1.54, 1.807) is 12.1 Å². The van der Waals surface area contributed by atoms with Crippen LogP contribution in [0.4, 0.5) is 0 Å². The van der Waals surface area contributed by atoms with Gasteiger partial charge in [0.1, 0.15) is 0 Å². The van der Waals surface area contributed by atoms with Crippen molar-refractivity contribution in [1.82, 2.24) is 15.5 Å². The number of amides is 1. The normalized spacial score (nSPS) is 11.1. The summed E-state index contributed by atoms with van der Waals surface area (Å²) in [5.41, 5.74) is 3.68. The molecule has 2 N–H and O–H groups in total. The number of benzene rings is 1. The van der Waals surface area contributed by atoms with Crippen molar-refractivity contribution in [3.05, 3.63) is 75.4 Å². The SMILES string of the molecule is Cc1ccc2cc(CCNC(=O)c3cc(-c4ccco4)on3)c(=O)[nH]c2c1C. The zero-order valence-electron chi connectivity index (χ0n) is 15.5. The first-order chi connectivity index (χ1) is 13.5. The molecule has 3 aromatic heterocycles. The van der Waals surface area contributed by atoms with Crippen molar-refractivity contribution in [1.29, 1.82) is 0 Å². The van der Waals surface area contributed by atoms with Gasteiger partial charge < -0.3 is 19.2 Å². The topological polar surface area (TPSA) is 101 Å². The Morgan fingerprint density at radius 2 is 2.04 bits per heavy atom. The molecule has 7 nitrogen and oxygen atoms in total. The molecule has 3 heterocycles. The van der Waals surface area contributed by atoms with Gasteiger partial charge in [0.05, 0.1) is 11.8 Å². The Labute approximate surface area is 160 Å². The molecule has 0 aliphatic heterocycles. The molecule has 0 saturated heterocycles. The highest BCUT2D eigenvalue weighted by atomic mass is 16.5. The minimum Gasteiger partial charge on any atom is -0.461 e. The maximum atomic E-state index is 12.4. The molecular weight excluding hydrogens is 358 g/mol. The predicted molar refractivity (Wildman–Crippen MR) is 104 cm³/mol. The Morgan fingerprint density at radius 3 is 2.82 bits per heavy atom. The van der Waals surface area contributed by atoms with Crippen LogP contribution in [0.5, 0.6) is 0 Å². The summed E-state index contributed by atoms with van der Waals surface area (Å²) in [7, 11) is 0. The lowest BCUT2D eigenvalue weighted by Crippen LogP contribution is -2.27. The van der Waals surface area contributed by atoms with E-state index in [-0.39, 0.29) is 17.2 Å². The number of nitrogens with zero attached hydrogens (tertiary/aromatic N) is 1. The fraction of sp³-hybridized carbons (Fsp3) is 0.190. The number of H-pyrrole nitrogens is 1. The maximum Gasteiger partial charge on any atom is 0.273 e. The lowest BCUT2D eigenvalue weighted by atomic mass is 10.0. The number of aryl methyl sites for hydroxylation is 2. The number of hydrogen-bond acceptors (Lipinski definition) is 5. The Kier molecular flexibility index (Phi) is 4.57. The van der Waals surface area contributed by atoms with Crippen LogP contribution in [0.25, 0.3) is 22.4 Å². The van der Waals surface area contributed by atoms with Crippen molar-refractivity contribution in [3.63, 3.8) is 0 Å². The summed E-state index contributed by atoms with van der Waals surface area (Å²) in [6.45, 7) is 4.31. The fourth-order valence-corrected chi connectivity index (χ4v) is 3.07. The minimum absolute atomic E-state index is 0.142. The number of nitrogens with one attached hydrogen (secondary N) is 2. The molecule has 7 heteroatoms. The molecule has 0 atom stereocenters. The second-order valence-corrected chi connectivity index (χ2v) is 6.65. The summed E-state index contributed by atoms with van der Waals surface area (Å²) in [5.74, 6) is 0.511. The highest BCUT2D eigenvalue weighted by Crippen LogP contribution is 2.21. The van der Waals surface area contributed by atoms with E-state index in [0.29, 0.717) is 30.0 Å². The van der Waals surface area contributed by atoms with E-state index in [4.69, 9.17) is 8.94 Å². The zero-order valence-corrected chi connectivity index (χ0v) is 15.5. The van der Waals surface area contributed by atoms with Gasteiger partial charge in [-0.25, -0.2) is 0 Å². The van der Waals surface area contributed by atoms with Gasteiger partial charge >= 0.3 is 0 Å². The van der Waals surface area contributed by atoms with Gasteiger partial charge in [0.2, 0.25) is 5.76 Å². The molecule has 0 fully saturated rings. The molecule has 28 heavy (non-hydrogen) atoms. The van der Waals surface area contributed by atoms with Crippen molar-refractivity contribution >= 4 is 16.8 Å². The Morgan fingerprint density at radius 1 is 1.18 bits per heavy atom. The number of pyridine rings is 1. The highest BCUT2D eigenvalue weighted by molar-refractivity contribution is 5.93. The van der Waals surface area contributed by atoms with E-state index >= 15 is 0 Å². The molecule has 0 aliphatic rings. The maximum absolute atomic E-state index is 12.4. The first-order valence-corrected chi connectivity index (χ1v) is 8.94. The number of aromatic amines is 1. The molecule has 0 spiro atoms. The summed E-state index contributed by atoms with van der Waals surface area (Å²) in [5, 5.41) is 7.49. The van der Waals surface area contributed by atoms with Crippen molar-refractivity contribution < 1.29 is 13.7 Å². The lowest BCUT2D eigenvalue weighted by molar-refractivity contribution is 0.0945. The van der Waals surface area contributed by atoms with Crippen LogP contribution in [0, 0.1) is 13.8 Å². The van der Waals surface area contributed by atoms with Crippen LogP contribution in [0.1, 0.15) is 27.2 Å². The highest BCUT2D eigenvalue weighted by Gasteiger charge is 2.15. The Hall–Kier alpha value is -3.61. The second-order valence-electron chi connectivity index (χ2n) is 6.65. The van der Waals surface area contributed by atoms with Gasteiger partial charge in [-0.05, 0) is 55.0 Å². The predicted octanol–water partition coefficient (Wildman–Crippen LogP) is 3.37. The molecular formula is C21H19N3O4. The zero-order chi connectivity index (χ0) is 19.7. The molecule has 142 valence electrons. The fourth-order valence-electron chi connectivity index (χ4n) is 3.07. The second kappa shape index (κ2) is 7.19. The molecule has 4 rings (SSSR count). The number of carbonyl (C=O) groups excluding carboxylic acids is 1. The number of rotatable bonds is 5. The van der Waals surface area contributed by atoms with Crippen molar-refractivity contribution in [2.24, 2.45) is 0 Å². The van der Waals surface area contributed by atoms with E-state index < -0.39 is 0 Å². The first-order valence-electron chi connectivity index (χ1n) is 8.94. The van der Waals surface area contributed by atoms with Crippen LogP contribution < -0.4 is 10.9 Å². The van der Waals surface area contributed by atoms with Crippen LogP contribution in [0.3, 0.4) is 0 Å². The molecule has 0 radical (unpaired) electrons. The molecule has 0 unspecified atom stereocenters. The third-order valence-corrected chi connectivity index (χ3v) is 4.81. The summed E-state index contributed by atoms with van der Waals surface area (Å²) in [6.07, 6.45) is 1.92. The molecule has 1 aromatic carbocycles. The number of furan rings is 1. The first kappa shape index (κ1) is 17.8. The molecule has 0 bridgehead atoms. The Bertz CT molecular complexity index is 1200. The average molecular weight is 377 g/mol. The van der Waals surface area contributed by atoms with Gasteiger partial charge in [-0.15, -0.1) is 0 Å². The molecule has 4 aromatic rings. The van der Waals surface area contributed by atoms with Crippen molar-refractivity contribution in [3.8, 4) is 11.5 Å². The summed E-state index contributed by atoms with van der Waals surface area (Å²) in [4.78, 5) is 27.6. The van der Waals surface area contributed by atoms with E-state index in [2.05, 4.69) is 15.5 Å². The van der Waals surface area contributed by atoms with Gasteiger partial charge in [0.15, 0.2) is 11.5 Å². The number of fused-ring (bicyclic) bond motifs is 1. The third-order valence-electron chi connectivity index (χ3n) is 4.81. The van der Waals surface area contributed by atoms with Crippen LogP contribution in [0.15, 0.2) is 56.4 Å². The smallest absolute Gasteiger partial charge is 0.273 e. The number of hydrogen-bond donors (Lipinski definition) is 2. The van der Waals surface area contributed by atoms with E-state index in [9.17, 15) is 9.59 Å². The van der Waals surface area contributed by atoms with Crippen LogP contribution in [-0.4, -0.2) is 22.6 Å². The van der Waals surface area contributed by atoms with Crippen LogP contribution in [-0.2, 0) is 6.42 Å². The minimum atomic E-state index is -0.370. The summed E-state index contributed by atoms with van der Waals surface area (Å²) < 4.78 is 10.3. The quantitative estimate of drug-likeness (QED) is 0.555. The van der Waals surface area contributed by atoms with E-state index in [1.165, 1.54) is 12.3 Å². The molecule has 0 saturated carbocycles. The van der Waals surface area contributed by atoms with Crippen LogP contribution in [0.2, 0.25) is 0 Å². The largest absolute Gasteiger partial charge is 0.461 e. The number of carbonyl (C=O) groups is 1. The van der Waals surface area contributed by atoms with Crippen molar-refractivity contribution in [2.45, 2.75) is 20.3 Å². The van der Waals surface area contributed by atoms with Gasteiger partial charge in [0.25, 0.3) is 11.5 Å². The lowest BCUT2D eigenvalue weighted by Gasteiger charge is -2.08. The number of aromatic nitrogens is 2. The molecule has 1 amide bonds. The molecule has 0 aliphatic carbocycles. The summed E-state index contributed by atoms with van der Waals surface area (Å²) >= 11 is 0. The van der Waals surface area contributed by atoms with Gasteiger partial charge in [-0.1, -0.05) is 17.3 Å². The van der Waals surface area contributed by atoms with Gasteiger partial charge in [-0.2, -0.15) is 0 Å². The average Bonchev–Trinajstić information content (AvgIpc) is 3.37. The Balaban J connectivity index is 1.44. The van der Waals surface area contributed by atoms with E-state index in [0.717, 1.165) is 22.0 Å². The standard InChI is InChI=1S/C21H19N3O4/c1-12-5-6-14-10-15(20(25)23-19(14)13(12)2)7-8-22-21(26)16-11-18(28-24-16)17-4-3-9-27-17/h3-6,9-11H,7-8H2,1-2H3,(H,22,26)(H,23,25). The van der Waals surface area contributed by atoms with E-state index in [1.807, 2.05) is 32.0 Å².